The van der Waals surface area contributed by atoms with Crippen LogP contribution >= 0.6 is 0 Å². The molecule has 1 aromatic heterocycles. The zero-order valence-corrected chi connectivity index (χ0v) is 29.1. The lowest BCUT2D eigenvalue weighted by Gasteiger charge is -2.33. The van der Waals surface area contributed by atoms with Gasteiger partial charge in [0, 0.05) is 5.39 Å². The SMILES string of the molecule is COc1ccc(S(=O)(=O)N(C[C@@H](O)[C@H](Cc2ccccc2)NC(=O)[C@H](CC(N)=O)NC(=O)c2ccc3ccccc3n2)OC2CCCCC2)cc1. The number of nitrogens with one attached hydrogen (secondary N) is 2. The summed E-state index contributed by atoms with van der Waals surface area (Å²) in [6.07, 6.45) is 1.71. The monoisotopic (exact) mass is 717 g/mol. The van der Waals surface area contributed by atoms with E-state index in [9.17, 15) is 27.9 Å². The van der Waals surface area contributed by atoms with Crippen molar-refractivity contribution < 1.29 is 37.5 Å². The van der Waals surface area contributed by atoms with Crippen LogP contribution in [0.4, 0.5) is 0 Å². The zero-order valence-electron chi connectivity index (χ0n) is 28.3. The average molecular weight is 718 g/mol. The number of amides is 3. The fourth-order valence-electron chi connectivity index (χ4n) is 5.95. The summed E-state index contributed by atoms with van der Waals surface area (Å²) in [7, 11) is -2.82. The number of methoxy groups -OCH3 is 1. The van der Waals surface area contributed by atoms with Crippen LogP contribution in [-0.4, -0.2) is 78.6 Å². The number of fused-ring (bicyclic) bond motifs is 1. The van der Waals surface area contributed by atoms with E-state index in [4.69, 9.17) is 15.3 Å². The van der Waals surface area contributed by atoms with Crippen LogP contribution < -0.4 is 21.1 Å². The van der Waals surface area contributed by atoms with Crippen LogP contribution in [0.25, 0.3) is 10.9 Å². The highest BCUT2D eigenvalue weighted by Crippen LogP contribution is 2.26. The molecule has 3 amide bonds. The Morgan fingerprint density at radius 3 is 2.29 bits per heavy atom. The fourth-order valence-corrected chi connectivity index (χ4v) is 7.25. The Hall–Kier alpha value is -4.89. The van der Waals surface area contributed by atoms with Crippen LogP contribution in [0.5, 0.6) is 5.75 Å². The summed E-state index contributed by atoms with van der Waals surface area (Å²) in [5, 5.41) is 17.8. The van der Waals surface area contributed by atoms with Gasteiger partial charge in [-0.3, -0.25) is 19.2 Å². The molecule has 0 aliphatic heterocycles. The second kappa shape index (κ2) is 17.4. The molecule has 3 aromatic carbocycles. The van der Waals surface area contributed by atoms with E-state index in [1.54, 1.807) is 42.5 Å². The van der Waals surface area contributed by atoms with Gasteiger partial charge in [-0.25, -0.2) is 13.4 Å². The molecule has 14 heteroatoms. The Morgan fingerprint density at radius 1 is 0.922 bits per heavy atom. The molecule has 3 atom stereocenters. The lowest BCUT2D eigenvalue weighted by molar-refractivity contribution is -0.157. The summed E-state index contributed by atoms with van der Waals surface area (Å²) < 4.78 is 33.9. The third kappa shape index (κ3) is 10.1. The first-order chi connectivity index (χ1) is 24.5. The number of hydroxylamine groups is 1. The molecule has 51 heavy (non-hydrogen) atoms. The standard InChI is InChI=1S/C37H43N5O8S/c1-49-27-17-19-29(20-18-27)51(47,48)42(50-28-13-6-3-7-14-28)24-34(43)32(22-25-10-4-2-5-11-25)40-37(46)33(23-35(38)44)41-36(45)31-21-16-26-12-8-9-15-30(26)39-31/h2,4-5,8-12,15-21,28,32-34,43H,3,6-7,13-14,22-24H2,1H3,(H2,38,44)(H,40,46)(H,41,45)/t32-,33-,34+/m0/s1. The minimum atomic E-state index is -4.29. The van der Waals surface area contributed by atoms with Crippen molar-refractivity contribution in [2.24, 2.45) is 5.73 Å². The number of carbonyl (C=O) groups is 3. The largest absolute Gasteiger partial charge is 0.497 e. The highest BCUT2D eigenvalue weighted by molar-refractivity contribution is 7.89. The third-order valence-electron chi connectivity index (χ3n) is 8.73. The number of para-hydroxylation sites is 1. The van der Waals surface area contributed by atoms with Gasteiger partial charge in [-0.15, -0.1) is 0 Å². The lowest BCUT2D eigenvalue weighted by atomic mass is 9.98. The number of nitrogens with two attached hydrogens (primary N) is 1. The molecule has 0 radical (unpaired) electrons. The molecule has 1 heterocycles. The van der Waals surface area contributed by atoms with Gasteiger partial charge in [0.05, 0.1) is 48.7 Å². The fraction of sp³-hybridized carbons (Fsp3) is 0.351. The number of rotatable bonds is 16. The number of aliphatic hydroxyl groups excluding tert-OH is 1. The molecule has 4 aromatic rings. The van der Waals surface area contributed by atoms with E-state index in [-0.39, 0.29) is 23.1 Å². The molecule has 5 N–H and O–H groups in total. The minimum absolute atomic E-state index is 0.0242. The van der Waals surface area contributed by atoms with Gasteiger partial charge >= 0.3 is 0 Å². The van der Waals surface area contributed by atoms with Gasteiger partial charge in [0.2, 0.25) is 11.8 Å². The quantitative estimate of drug-likeness (QED) is 0.126. The predicted molar refractivity (Wildman–Crippen MR) is 190 cm³/mol. The van der Waals surface area contributed by atoms with Gasteiger partial charge in [-0.1, -0.05) is 78.3 Å². The topological polar surface area (TPSA) is 190 Å². The number of sulfonamides is 1. The van der Waals surface area contributed by atoms with Crippen LogP contribution in [0.3, 0.4) is 0 Å². The summed E-state index contributed by atoms with van der Waals surface area (Å²) >= 11 is 0. The average Bonchev–Trinajstić information content (AvgIpc) is 3.14. The van der Waals surface area contributed by atoms with Gasteiger partial charge in [-0.05, 0) is 61.2 Å². The second-order valence-electron chi connectivity index (χ2n) is 12.5. The number of hydrogen-bond acceptors (Lipinski definition) is 9. The Morgan fingerprint density at radius 2 is 1.61 bits per heavy atom. The van der Waals surface area contributed by atoms with E-state index in [0.29, 0.717) is 24.1 Å². The molecule has 1 saturated carbocycles. The van der Waals surface area contributed by atoms with E-state index in [2.05, 4.69) is 15.6 Å². The summed E-state index contributed by atoms with van der Waals surface area (Å²) in [5.41, 5.74) is 6.80. The Bertz CT molecular complexity index is 1900. The van der Waals surface area contributed by atoms with E-state index >= 15 is 0 Å². The first-order valence-electron chi connectivity index (χ1n) is 16.8. The number of ether oxygens (including phenoxy) is 1. The Balaban J connectivity index is 1.40. The first kappa shape index (κ1) is 37.4. The molecule has 1 aliphatic rings. The molecule has 5 rings (SSSR count). The van der Waals surface area contributed by atoms with Crippen molar-refractivity contribution in [2.45, 2.75) is 74.1 Å². The van der Waals surface area contributed by atoms with Crippen LogP contribution in [0.15, 0.2) is 95.9 Å². The number of nitrogens with zero attached hydrogens (tertiary/aromatic N) is 2. The number of carbonyl (C=O) groups excluding carboxylic acids is 3. The second-order valence-corrected chi connectivity index (χ2v) is 14.3. The molecule has 0 unspecified atom stereocenters. The van der Waals surface area contributed by atoms with E-state index in [1.807, 2.05) is 18.2 Å². The number of aliphatic hydroxyl groups is 1. The van der Waals surface area contributed by atoms with Crippen molar-refractivity contribution in [1.29, 1.82) is 0 Å². The smallest absolute Gasteiger partial charge is 0.270 e. The first-order valence-corrected chi connectivity index (χ1v) is 18.3. The van der Waals surface area contributed by atoms with Gasteiger partial charge in [0.25, 0.3) is 15.9 Å². The molecule has 0 spiro atoms. The number of hydrogen-bond donors (Lipinski definition) is 4. The molecule has 1 aliphatic carbocycles. The number of pyridine rings is 1. The normalized spacial score (nSPS) is 15.5. The van der Waals surface area contributed by atoms with E-state index < -0.39 is 58.9 Å². The van der Waals surface area contributed by atoms with Gasteiger partial charge in [-0.2, -0.15) is 0 Å². The molecule has 0 bridgehead atoms. The molecule has 270 valence electrons. The van der Waals surface area contributed by atoms with Crippen molar-refractivity contribution in [2.75, 3.05) is 13.7 Å². The van der Waals surface area contributed by atoms with Crippen LogP contribution in [0.1, 0.15) is 54.6 Å². The van der Waals surface area contributed by atoms with Gasteiger partial charge < -0.3 is 26.2 Å². The maximum absolute atomic E-state index is 14.0. The maximum atomic E-state index is 14.0. The zero-order chi connectivity index (χ0) is 36.4. The summed E-state index contributed by atoms with van der Waals surface area (Å²) in [6, 6.07) is 22.7. The van der Waals surface area contributed by atoms with Gasteiger partial charge in [0.1, 0.15) is 17.5 Å². The van der Waals surface area contributed by atoms with Gasteiger partial charge in [0.15, 0.2) is 0 Å². The highest BCUT2D eigenvalue weighted by Gasteiger charge is 2.35. The molecule has 1 fully saturated rings. The summed E-state index contributed by atoms with van der Waals surface area (Å²) in [6.45, 7) is -0.531. The third-order valence-corrected chi connectivity index (χ3v) is 10.4. The molecule has 13 nitrogen and oxygen atoms in total. The number of primary amides is 1. The van der Waals surface area contributed by atoms with Crippen LogP contribution in [0, 0.1) is 0 Å². The highest BCUT2D eigenvalue weighted by atomic mass is 32.2. The summed E-state index contributed by atoms with van der Waals surface area (Å²) in [4.78, 5) is 49.5. The Labute approximate surface area is 297 Å². The predicted octanol–water partition coefficient (Wildman–Crippen LogP) is 3.26. The van der Waals surface area contributed by atoms with Crippen molar-refractivity contribution in [3.05, 3.63) is 102 Å². The summed E-state index contributed by atoms with van der Waals surface area (Å²) in [5.74, 6) is -1.89. The molecular formula is C37H43N5O8S. The van der Waals surface area contributed by atoms with E-state index in [1.165, 1.54) is 37.4 Å². The van der Waals surface area contributed by atoms with Crippen LogP contribution in [0.2, 0.25) is 0 Å². The minimum Gasteiger partial charge on any atom is -0.497 e. The van der Waals surface area contributed by atoms with Crippen LogP contribution in [-0.2, 0) is 30.9 Å². The Kier molecular flexibility index (Phi) is 12.7. The lowest BCUT2D eigenvalue weighted by Crippen LogP contribution is -2.56. The number of aromatic nitrogens is 1. The maximum Gasteiger partial charge on any atom is 0.270 e. The van der Waals surface area contributed by atoms with Crippen molar-refractivity contribution in [1.82, 2.24) is 20.1 Å². The number of benzene rings is 3. The van der Waals surface area contributed by atoms with Crippen molar-refractivity contribution in [3.63, 3.8) is 0 Å². The van der Waals surface area contributed by atoms with E-state index in [0.717, 1.165) is 34.7 Å². The molecular weight excluding hydrogens is 675 g/mol. The van der Waals surface area contributed by atoms with Crippen molar-refractivity contribution in [3.8, 4) is 5.75 Å². The molecule has 0 saturated heterocycles. The van der Waals surface area contributed by atoms with Crippen molar-refractivity contribution >= 4 is 38.6 Å².